The minimum Gasteiger partial charge on any atom is -0.493 e. The molecule has 0 saturated heterocycles. The second kappa shape index (κ2) is 5.75. The molecule has 100 valence electrons. The van der Waals surface area contributed by atoms with Crippen LogP contribution in [0.25, 0.3) is 5.69 Å². The van der Waals surface area contributed by atoms with Crippen molar-refractivity contribution >= 4 is 17.6 Å². The maximum Gasteiger partial charge on any atom is 0.311 e. The number of aromatic nitrogens is 2. The van der Waals surface area contributed by atoms with E-state index < -0.39 is 0 Å². The van der Waals surface area contributed by atoms with Gasteiger partial charge in [-0.05, 0) is 19.1 Å². The van der Waals surface area contributed by atoms with Gasteiger partial charge in [0.05, 0.1) is 29.4 Å². The number of nitrogens with zero attached hydrogens (tertiary/aromatic N) is 2. The molecule has 0 fully saturated rings. The molecule has 19 heavy (non-hydrogen) atoms. The number of hydrogen-bond acceptors (Lipinski definition) is 4. The normalized spacial score (nSPS) is 10.4. The quantitative estimate of drug-likeness (QED) is 0.873. The molecular weight excluding hydrogens is 268 g/mol. The van der Waals surface area contributed by atoms with E-state index in [0.29, 0.717) is 23.0 Å². The van der Waals surface area contributed by atoms with Gasteiger partial charge in [0, 0.05) is 6.07 Å². The Bertz CT molecular complexity index is 595. The summed E-state index contributed by atoms with van der Waals surface area (Å²) in [5.41, 5.74) is 0.979. The Balaban J connectivity index is 2.27. The van der Waals surface area contributed by atoms with Crippen LogP contribution in [0.3, 0.4) is 0 Å². The standard InChI is InChI=1S/C13H13ClN2O3/c1-2-19-13(18)8-9-7-12(17)16(15-9)11-6-4-3-5-10(11)14/h3-7,17H,2,8H2,1H3. The monoisotopic (exact) mass is 280 g/mol. The van der Waals surface area contributed by atoms with Crippen LogP contribution >= 0.6 is 11.6 Å². The third kappa shape index (κ3) is 3.06. The lowest BCUT2D eigenvalue weighted by molar-refractivity contribution is -0.142. The number of halogens is 1. The Labute approximate surface area is 115 Å². The number of esters is 1. The first-order valence-corrected chi connectivity index (χ1v) is 6.18. The molecule has 5 nitrogen and oxygen atoms in total. The minimum atomic E-state index is -0.383. The van der Waals surface area contributed by atoms with Gasteiger partial charge < -0.3 is 9.84 Å². The van der Waals surface area contributed by atoms with Gasteiger partial charge in [-0.3, -0.25) is 4.79 Å². The molecule has 0 aliphatic carbocycles. The van der Waals surface area contributed by atoms with Crippen molar-refractivity contribution in [3.8, 4) is 11.6 Å². The smallest absolute Gasteiger partial charge is 0.311 e. The van der Waals surface area contributed by atoms with Crippen LogP contribution in [0.5, 0.6) is 5.88 Å². The first-order chi connectivity index (χ1) is 9.11. The maximum absolute atomic E-state index is 11.4. The van der Waals surface area contributed by atoms with E-state index in [1.165, 1.54) is 10.7 Å². The fourth-order valence-electron chi connectivity index (χ4n) is 1.67. The van der Waals surface area contributed by atoms with E-state index >= 15 is 0 Å². The van der Waals surface area contributed by atoms with Gasteiger partial charge in [-0.2, -0.15) is 9.78 Å². The average Bonchev–Trinajstić information content (AvgIpc) is 2.71. The number of benzene rings is 1. The van der Waals surface area contributed by atoms with Gasteiger partial charge in [-0.25, -0.2) is 0 Å². The van der Waals surface area contributed by atoms with Crippen molar-refractivity contribution in [3.05, 3.63) is 41.0 Å². The predicted octanol–water partition coefficient (Wildman–Crippen LogP) is 2.34. The van der Waals surface area contributed by atoms with Gasteiger partial charge >= 0.3 is 5.97 Å². The van der Waals surface area contributed by atoms with Crippen LogP contribution in [-0.4, -0.2) is 27.5 Å². The van der Waals surface area contributed by atoms with Crippen molar-refractivity contribution in [2.45, 2.75) is 13.3 Å². The van der Waals surface area contributed by atoms with Crippen LogP contribution in [0.1, 0.15) is 12.6 Å². The summed E-state index contributed by atoms with van der Waals surface area (Å²) in [7, 11) is 0. The summed E-state index contributed by atoms with van der Waals surface area (Å²) in [6.07, 6.45) is 0.0128. The fraction of sp³-hybridized carbons (Fsp3) is 0.231. The highest BCUT2D eigenvalue weighted by atomic mass is 35.5. The van der Waals surface area contributed by atoms with E-state index in [0.717, 1.165) is 0 Å². The summed E-state index contributed by atoms with van der Waals surface area (Å²) in [4.78, 5) is 11.4. The zero-order valence-corrected chi connectivity index (χ0v) is 11.1. The molecule has 0 amide bonds. The second-order valence-corrected chi connectivity index (χ2v) is 4.25. The first-order valence-electron chi connectivity index (χ1n) is 5.80. The summed E-state index contributed by atoms with van der Waals surface area (Å²) in [6, 6.07) is 8.41. The molecule has 0 aliphatic rings. The van der Waals surface area contributed by atoms with Gasteiger partial charge in [0.2, 0.25) is 5.88 Å². The number of aromatic hydroxyl groups is 1. The predicted molar refractivity (Wildman–Crippen MR) is 70.6 cm³/mol. The molecule has 2 rings (SSSR count). The molecule has 1 N–H and O–H groups in total. The van der Waals surface area contributed by atoms with Crippen LogP contribution in [0.15, 0.2) is 30.3 Å². The molecule has 0 aliphatic heterocycles. The molecule has 1 heterocycles. The molecule has 0 bridgehead atoms. The van der Waals surface area contributed by atoms with Gasteiger partial charge in [0.15, 0.2) is 0 Å². The van der Waals surface area contributed by atoms with E-state index in [4.69, 9.17) is 16.3 Å². The highest BCUT2D eigenvalue weighted by molar-refractivity contribution is 6.32. The number of hydrogen-bond donors (Lipinski definition) is 1. The molecule has 1 aromatic carbocycles. The van der Waals surface area contributed by atoms with Crippen molar-refractivity contribution in [2.24, 2.45) is 0 Å². The summed E-state index contributed by atoms with van der Waals surface area (Å²) in [5.74, 6) is -0.460. The summed E-state index contributed by atoms with van der Waals surface area (Å²) in [5, 5.41) is 14.4. The highest BCUT2D eigenvalue weighted by Crippen LogP contribution is 2.24. The Morgan fingerprint density at radius 1 is 1.47 bits per heavy atom. The third-order valence-corrected chi connectivity index (χ3v) is 2.77. The number of carbonyl (C=O) groups is 1. The number of para-hydroxylation sites is 1. The molecule has 6 heteroatoms. The third-order valence-electron chi connectivity index (χ3n) is 2.45. The zero-order chi connectivity index (χ0) is 13.8. The van der Waals surface area contributed by atoms with Crippen molar-refractivity contribution < 1.29 is 14.6 Å². The topological polar surface area (TPSA) is 64.3 Å². The zero-order valence-electron chi connectivity index (χ0n) is 10.3. The lowest BCUT2D eigenvalue weighted by atomic mass is 10.3. The van der Waals surface area contributed by atoms with Crippen LogP contribution in [0.4, 0.5) is 0 Å². The molecular formula is C13H13ClN2O3. The Morgan fingerprint density at radius 2 is 2.21 bits per heavy atom. The largest absolute Gasteiger partial charge is 0.493 e. The van der Waals surface area contributed by atoms with Gasteiger partial charge in [-0.15, -0.1) is 0 Å². The first kappa shape index (κ1) is 13.4. The molecule has 0 spiro atoms. The fourth-order valence-corrected chi connectivity index (χ4v) is 1.88. The molecule has 1 aromatic heterocycles. The van der Waals surface area contributed by atoms with Crippen molar-refractivity contribution in [2.75, 3.05) is 6.61 Å². The van der Waals surface area contributed by atoms with Gasteiger partial charge in [-0.1, -0.05) is 23.7 Å². The number of carbonyl (C=O) groups excluding carboxylic acids is 1. The van der Waals surface area contributed by atoms with Crippen LogP contribution < -0.4 is 0 Å². The molecule has 0 saturated carbocycles. The molecule has 2 aromatic rings. The van der Waals surface area contributed by atoms with E-state index in [9.17, 15) is 9.90 Å². The van der Waals surface area contributed by atoms with Crippen molar-refractivity contribution in [1.29, 1.82) is 0 Å². The Morgan fingerprint density at radius 3 is 2.89 bits per heavy atom. The molecule has 0 unspecified atom stereocenters. The lowest BCUT2D eigenvalue weighted by Gasteiger charge is -2.04. The summed E-state index contributed by atoms with van der Waals surface area (Å²) in [6.45, 7) is 2.05. The van der Waals surface area contributed by atoms with Crippen molar-refractivity contribution in [3.63, 3.8) is 0 Å². The van der Waals surface area contributed by atoms with Crippen molar-refractivity contribution in [1.82, 2.24) is 9.78 Å². The highest BCUT2D eigenvalue weighted by Gasteiger charge is 2.13. The van der Waals surface area contributed by atoms with E-state index in [-0.39, 0.29) is 18.3 Å². The van der Waals surface area contributed by atoms with E-state index in [1.807, 2.05) is 0 Å². The Hall–Kier alpha value is -2.01. The van der Waals surface area contributed by atoms with Crippen LogP contribution in [-0.2, 0) is 16.0 Å². The Kier molecular flexibility index (Phi) is 4.06. The van der Waals surface area contributed by atoms with Gasteiger partial charge in [0.25, 0.3) is 0 Å². The van der Waals surface area contributed by atoms with E-state index in [2.05, 4.69) is 5.10 Å². The summed E-state index contributed by atoms with van der Waals surface area (Å²) >= 11 is 6.03. The average molecular weight is 281 g/mol. The van der Waals surface area contributed by atoms with Crippen LogP contribution in [0.2, 0.25) is 5.02 Å². The minimum absolute atomic E-state index is 0.0128. The van der Waals surface area contributed by atoms with Gasteiger partial charge in [0.1, 0.15) is 0 Å². The maximum atomic E-state index is 11.4. The summed E-state index contributed by atoms with van der Waals surface area (Å²) < 4.78 is 6.12. The number of ether oxygens (including phenoxy) is 1. The molecule has 0 atom stereocenters. The SMILES string of the molecule is CCOC(=O)Cc1cc(O)n(-c2ccccc2Cl)n1. The second-order valence-electron chi connectivity index (χ2n) is 3.84. The molecule has 0 radical (unpaired) electrons. The van der Waals surface area contributed by atoms with E-state index in [1.54, 1.807) is 31.2 Å². The lowest BCUT2D eigenvalue weighted by Crippen LogP contribution is -2.08. The number of rotatable bonds is 4. The van der Waals surface area contributed by atoms with Crippen LogP contribution in [0, 0.1) is 0 Å².